The van der Waals surface area contributed by atoms with E-state index >= 15 is 0 Å². The predicted molar refractivity (Wildman–Crippen MR) is 101 cm³/mol. The Morgan fingerprint density at radius 2 is 1.88 bits per heavy atom. The second-order valence-electron chi connectivity index (χ2n) is 7.14. The Morgan fingerprint density at radius 3 is 2.54 bits per heavy atom. The van der Waals surface area contributed by atoms with Crippen LogP contribution in [0.25, 0.3) is 0 Å². The highest BCUT2D eigenvalue weighted by Gasteiger charge is 2.55. The molecule has 1 aromatic rings. The number of carbonyl (C=O) groups is 3. The molecule has 1 aliphatic carbocycles. The molecule has 7 heteroatoms. The number of amides is 4. The first-order valence-electron chi connectivity index (χ1n) is 9.00. The molecule has 0 radical (unpaired) electrons. The second-order valence-corrected chi connectivity index (χ2v) is 7.99. The third-order valence-electron chi connectivity index (χ3n) is 5.53. The number of hydrogen-bond donors (Lipinski definition) is 1. The molecule has 0 bridgehead atoms. The number of urea groups is 1. The molecule has 3 rings (SSSR count). The molecule has 1 saturated heterocycles. The first kappa shape index (κ1) is 18.9. The van der Waals surface area contributed by atoms with Gasteiger partial charge in [-0.25, -0.2) is 4.79 Å². The van der Waals surface area contributed by atoms with Gasteiger partial charge in [-0.15, -0.1) is 0 Å². The van der Waals surface area contributed by atoms with Crippen molar-refractivity contribution >= 4 is 33.8 Å². The fourth-order valence-electron chi connectivity index (χ4n) is 4.01. The Morgan fingerprint density at radius 1 is 1.23 bits per heavy atom. The number of halogens is 1. The van der Waals surface area contributed by atoms with Gasteiger partial charge in [0.05, 0.1) is 6.04 Å². The molecular weight excluding hydrogens is 398 g/mol. The van der Waals surface area contributed by atoms with Crippen LogP contribution in [0.5, 0.6) is 0 Å². The highest BCUT2D eigenvalue weighted by molar-refractivity contribution is 9.10. The normalized spacial score (nSPS) is 20.6. The number of likely N-dealkylation sites (N-methyl/N-ethyl adjacent to an activating group) is 1. The number of imide groups is 1. The van der Waals surface area contributed by atoms with E-state index in [9.17, 15) is 14.4 Å². The maximum Gasteiger partial charge on any atom is 0.327 e. The lowest BCUT2D eigenvalue weighted by molar-refractivity contribution is -0.137. The molecule has 1 aliphatic heterocycles. The van der Waals surface area contributed by atoms with Crippen molar-refractivity contribution < 1.29 is 14.4 Å². The zero-order chi connectivity index (χ0) is 18.9. The van der Waals surface area contributed by atoms with E-state index in [0.29, 0.717) is 12.8 Å². The highest BCUT2D eigenvalue weighted by atomic mass is 79.9. The fraction of sp³-hybridized carbons (Fsp3) is 0.526. The summed E-state index contributed by atoms with van der Waals surface area (Å²) in [5.41, 5.74) is 0.199. The maximum atomic E-state index is 12.9. The van der Waals surface area contributed by atoms with Gasteiger partial charge in [0, 0.05) is 11.5 Å². The summed E-state index contributed by atoms with van der Waals surface area (Å²) in [6, 6.07) is 7.04. The van der Waals surface area contributed by atoms with E-state index in [1.165, 1.54) is 0 Å². The van der Waals surface area contributed by atoms with E-state index in [1.807, 2.05) is 31.2 Å². The summed E-state index contributed by atoms with van der Waals surface area (Å²) in [5, 5.41) is 2.88. The van der Waals surface area contributed by atoms with Crippen LogP contribution >= 0.6 is 15.9 Å². The summed E-state index contributed by atoms with van der Waals surface area (Å²) in [4.78, 5) is 40.6. The smallest absolute Gasteiger partial charge is 0.327 e. The van der Waals surface area contributed by atoms with Crippen molar-refractivity contribution in [2.75, 3.05) is 13.6 Å². The Kier molecular flexibility index (Phi) is 5.37. The first-order chi connectivity index (χ1) is 12.4. The van der Waals surface area contributed by atoms with Crippen LogP contribution in [0.4, 0.5) is 4.79 Å². The van der Waals surface area contributed by atoms with Gasteiger partial charge in [-0.1, -0.05) is 53.4 Å². The third-order valence-corrected chi connectivity index (χ3v) is 6.26. The van der Waals surface area contributed by atoms with Crippen LogP contribution in [-0.4, -0.2) is 46.8 Å². The molecule has 2 fully saturated rings. The molecule has 1 spiro atoms. The average molecular weight is 422 g/mol. The van der Waals surface area contributed by atoms with Gasteiger partial charge < -0.3 is 10.2 Å². The van der Waals surface area contributed by atoms with Crippen LogP contribution in [0.3, 0.4) is 0 Å². The van der Waals surface area contributed by atoms with Crippen molar-refractivity contribution in [1.82, 2.24) is 15.1 Å². The van der Waals surface area contributed by atoms with Crippen molar-refractivity contribution in [3.8, 4) is 0 Å². The van der Waals surface area contributed by atoms with Crippen molar-refractivity contribution in [3.63, 3.8) is 0 Å². The van der Waals surface area contributed by atoms with E-state index in [4.69, 9.17) is 0 Å². The quantitative estimate of drug-likeness (QED) is 0.758. The van der Waals surface area contributed by atoms with Gasteiger partial charge in [-0.05, 0) is 31.4 Å². The number of rotatable bonds is 4. The van der Waals surface area contributed by atoms with Crippen molar-refractivity contribution in [2.45, 2.75) is 50.6 Å². The molecular formula is C19H24BrN3O3. The van der Waals surface area contributed by atoms with E-state index in [2.05, 4.69) is 21.2 Å². The van der Waals surface area contributed by atoms with Crippen molar-refractivity contribution in [1.29, 1.82) is 0 Å². The molecule has 2 aliphatic rings. The van der Waals surface area contributed by atoms with Gasteiger partial charge in [-0.2, -0.15) is 0 Å². The van der Waals surface area contributed by atoms with Crippen molar-refractivity contribution in [3.05, 3.63) is 34.3 Å². The minimum Gasteiger partial charge on any atom is -0.348 e. The van der Waals surface area contributed by atoms with Gasteiger partial charge in [0.1, 0.15) is 12.1 Å². The number of nitrogens with one attached hydrogen (secondary N) is 1. The van der Waals surface area contributed by atoms with E-state index in [0.717, 1.165) is 34.2 Å². The SMILES string of the molecule is CC(NC(=O)CN1C(=O)N(C)C2(CCCCC2)C1=O)c1ccccc1Br. The third kappa shape index (κ3) is 3.24. The van der Waals surface area contributed by atoms with Gasteiger partial charge in [0.15, 0.2) is 0 Å². The summed E-state index contributed by atoms with van der Waals surface area (Å²) in [7, 11) is 1.67. The lowest BCUT2D eigenvalue weighted by Crippen LogP contribution is -2.49. The minimum atomic E-state index is -0.746. The number of carbonyl (C=O) groups excluding carboxylic acids is 3. The van der Waals surface area contributed by atoms with Crippen LogP contribution in [0.15, 0.2) is 28.7 Å². The molecule has 26 heavy (non-hydrogen) atoms. The van der Waals surface area contributed by atoms with Crippen LogP contribution in [0, 0.1) is 0 Å². The Labute approximate surface area is 162 Å². The number of benzene rings is 1. The van der Waals surface area contributed by atoms with Crippen LogP contribution in [0.2, 0.25) is 0 Å². The molecule has 6 nitrogen and oxygen atoms in total. The highest BCUT2D eigenvalue weighted by Crippen LogP contribution is 2.39. The lowest BCUT2D eigenvalue weighted by Gasteiger charge is -2.35. The monoisotopic (exact) mass is 421 g/mol. The van der Waals surface area contributed by atoms with Crippen molar-refractivity contribution in [2.24, 2.45) is 0 Å². The van der Waals surface area contributed by atoms with E-state index < -0.39 is 5.54 Å². The van der Waals surface area contributed by atoms with Gasteiger partial charge in [-0.3, -0.25) is 14.5 Å². The molecule has 1 N–H and O–H groups in total. The Hall–Kier alpha value is -1.89. The Bertz CT molecular complexity index is 730. The van der Waals surface area contributed by atoms with Gasteiger partial charge in [0.2, 0.25) is 5.91 Å². The largest absolute Gasteiger partial charge is 0.348 e. The van der Waals surface area contributed by atoms with E-state index in [1.54, 1.807) is 11.9 Å². The zero-order valence-electron chi connectivity index (χ0n) is 15.1. The van der Waals surface area contributed by atoms with Crippen LogP contribution in [-0.2, 0) is 9.59 Å². The molecule has 1 saturated carbocycles. The molecule has 0 aromatic heterocycles. The molecule has 4 amide bonds. The number of nitrogens with zero attached hydrogens (tertiary/aromatic N) is 2. The van der Waals surface area contributed by atoms with E-state index in [-0.39, 0.29) is 30.4 Å². The summed E-state index contributed by atoms with van der Waals surface area (Å²) in [5.74, 6) is -0.565. The Balaban J connectivity index is 1.68. The summed E-state index contributed by atoms with van der Waals surface area (Å²) >= 11 is 3.47. The van der Waals surface area contributed by atoms with Gasteiger partial charge >= 0.3 is 6.03 Å². The molecule has 1 heterocycles. The molecule has 1 unspecified atom stereocenters. The predicted octanol–water partition coefficient (Wildman–Crippen LogP) is 3.22. The average Bonchev–Trinajstić information content (AvgIpc) is 2.79. The first-order valence-corrected chi connectivity index (χ1v) is 9.79. The maximum absolute atomic E-state index is 12.9. The molecule has 1 atom stereocenters. The second kappa shape index (κ2) is 7.39. The molecule has 1 aromatic carbocycles. The zero-order valence-corrected chi connectivity index (χ0v) is 16.7. The minimum absolute atomic E-state index is 0.228. The summed E-state index contributed by atoms with van der Waals surface area (Å²) in [6.07, 6.45) is 4.31. The summed E-state index contributed by atoms with van der Waals surface area (Å²) in [6.45, 7) is 1.64. The summed E-state index contributed by atoms with van der Waals surface area (Å²) < 4.78 is 0.905. The lowest BCUT2D eigenvalue weighted by atomic mass is 9.81. The topological polar surface area (TPSA) is 69.7 Å². The molecule has 140 valence electrons. The fourth-order valence-corrected chi connectivity index (χ4v) is 4.63. The van der Waals surface area contributed by atoms with Crippen LogP contribution < -0.4 is 5.32 Å². The standard InChI is InChI=1S/C19H24BrN3O3/c1-13(14-8-4-5-9-15(14)20)21-16(24)12-23-17(25)19(22(2)18(23)26)10-6-3-7-11-19/h4-5,8-9,13H,3,6-7,10-12H2,1-2H3,(H,21,24). The van der Waals surface area contributed by atoms with Gasteiger partial charge in [0.25, 0.3) is 5.91 Å². The van der Waals surface area contributed by atoms with Crippen LogP contribution in [0.1, 0.15) is 50.6 Å². The number of hydrogen-bond acceptors (Lipinski definition) is 3.